The van der Waals surface area contributed by atoms with Crippen molar-refractivity contribution < 1.29 is 17.5 Å². The number of benzene rings is 1. The Morgan fingerprint density at radius 1 is 1.39 bits per heavy atom. The van der Waals surface area contributed by atoms with Gasteiger partial charge in [-0.1, -0.05) is 35.3 Å². The second kappa shape index (κ2) is 7.17. The van der Waals surface area contributed by atoms with Crippen molar-refractivity contribution in [1.29, 1.82) is 0 Å². The first-order chi connectivity index (χ1) is 10.7. The molecule has 0 saturated carbocycles. The maximum Gasteiger partial charge on any atom is 0.264 e. The fourth-order valence-electron chi connectivity index (χ4n) is 2.60. The Morgan fingerprint density at radius 3 is 2.65 bits per heavy atom. The van der Waals surface area contributed by atoms with Gasteiger partial charge in [-0.15, -0.1) is 0 Å². The molecule has 0 fully saturated rings. The zero-order chi connectivity index (χ0) is 17.2. The molecule has 1 aromatic carbocycles. The average molecular weight is 380 g/mol. The molecule has 0 amide bonds. The molecule has 0 N–H and O–H groups in total. The Labute approximate surface area is 144 Å². The summed E-state index contributed by atoms with van der Waals surface area (Å²) < 4.78 is 26.8. The molecule has 6 nitrogen and oxygen atoms in total. The molecule has 1 aliphatic carbocycles. The SMILES string of the molecule is CS(=O)(=O)OCC1=CCC(c2ccc(Cl)cc2Cl)C([N+](=O)[O-])C1. The first kappa shape index (κ1) is 18.2. The molecule has 1 aromatic rings. The van der Waals surface area contributed by atoms with Gasteiger partial charge in [0.1, 0.15) is 0 Å². The summed E-state index contributed by atoms with van der Waals surface area (Å²) in [6.45, 7) is -0.162. The van der Waals surface area contributed by atoms with Crippen molar-refractivity contribution in [3.05, 3.63) is 55.6 Å². The van der Waals surface area contributed by atoms with Crippen LogP contribution in [0.1, 0.15) is 24.3 Å². The normalized spacial score (nSPS) is 21.8. The summed E-state index contributed by atoms with van der Waals surface area (Å²) >= 11 is 12.0. The van der Waals surface area contributed by atoms with Crippen LogP contribution in [-0.2, 0) is 14.3 Å². The molecular formula is C14H15Cl2NO5S. The van der Waals surface area contributed by atoms with Crippen molar-refractivity contribution >= 4 is 33.3 Å². The average Bonchev–Trinajstić information content (AvgIpc) is 2.44. The minimum atomic E-state index is -3.58. The van der Waals surface area contributed by atoms with Gasteiger partial charge in [-0.25, -0.2) is 0 Å². The molecule has 2 unspecified atom stereocenters. The molecule has 1 aliphatic rings. The highest BCUT2D eigenvalue weighted by atomic mass is 35.5. The highest BCUT2D eigenvalue weighted by Gasteiger charge is 2.37. The third-order valence-electron chi connectivity index (χ3n) is 3.69. The number of allylic oxidation sites excluding steroid dienone is 1. The summed E-state index contributed by atoms with van der Waals surface area (Å²) in [5, 5.41) is 12.3. The lowest BCUT2D eigenvalue weighted by molar-refractivity contribution is -0.527. The lowest BCUT2D eigenvalue weighted by Gasteiger charge is -2.26. The molecule has 0 spiro atoms. The summed E-state index contributed by atoms with van der Waals surface area (Å²) in [6, 6.07) is 4.00. The molecule has 2 atom stereocenters. The maximum atomic E-state index is 11.4. The molecule has 0 radical (unpaired) electrons. The van der Waals surface area contributed by atoms with E-state index in [1.165, 1.54) is 0 Å². The molecule has 2 rings (SSSR count). The van der Waals surface area contributed by atoms with Crippen LogP contribution in [0.4, 0.5) is 0 Å². The van der Waals surface area contributed by atoms with Gasteiger partial charge in [0.05, 0.1) is 18.8 Å². The van der Waals surface area contributed by atoms with Crippen molar-refractivity contribution in [3.63, 3.8) is 0 Å². The predicted molar refractivity (Wildman–Crippen MR) is 88.1 cm³/mol. The van der Waals surface area contributed by atoms with E-state index in [0.29, 0.717) is 27.6 Å². The predicted octanol–water partition coefficient (Wildman–Crippen LogP) is 3.42. The van der Waals surface area contributed by atoms with Crippen molar-refractivity contribution in [2.45, 2.75) is 24.8 Å². The topological polar surface area (TPSA) is 86.5 Å². The first-order valence-electron chi connectivity index (χ1n) is 6.78. The second-order valence-electron chi connectivity index (χ2n) is 5.39. The van der Waals surface area contributed by atoms with E-state index in [-0.39, 0.29) is 18.0 Å². The largest absolute Gasteiger partial charge is 0.266 e. The van der Waals surface area contributed by atoms with Gasteiger partial charge >= 0.3 is 0 Å². The van der Waals surface area contributed by atoms with Crippen LogP contribution in [0.25, 0.3) is 0 Å². The van der Waals surface area contributed by atoms with Crippen LogP contribution < -0.4 is 0 Å². The molecular weight excluding hydrogens is 365 g/mol. The Balaban J connectivity index is 2.24. The van der Waals surface area contributed by atoms with Gasteiger partial charge in [0.2, 0.25) is 6.04 Å². The Kier molecular flexibility index (Phi) is 5.67. The van der Waals surface area contributed by atoms with Gasteiger partial charge in [0.25, 0.3) is 10.1 Å². The third-order valence-corrected chi connectivity index (χ3v) is 4.80. The highest BCUT2D eigenvalue weighted by Crippen LogP contribution is 2.38. The van der Waals surface area contributed by atoms with Gasteiger partial charge in [-0.05, 0) is 29.7 Å². The zero-order valence-electron chi connectivity index (χ0n) is 12.2. The minimum Gasteiger partial charge on any atom is -0.266 e. The molecule has 0 saturated heterocycles. The number of nitrogens with zero attached hydrogens (tertiary/aromatic N) is 1. The number of halogens is 2. The molecule has 9 heteroatoms. The Hall–Kier alpha value is -1.15. The highest BCUT2D eigenvalue weighted by molar-refractivity contribution is 7.86. The van der Waals surface area contributed by atoms with Gasteiger partial charge in [0, 0.05) is 21.4 Å². The number of nitro groups is 1. The zero-order valence-corrected chi connectivity index (χ0v) is 14.6. The van der Waals surface area contributed by atoms with E-state index in [0.717, 1.165) is 6.26 Å². The maximum absolute atomic E-state index is 11.4. The van der Waals surface area contributed by atoms with Gasteiger partial charge < -0.3 is 0 Å². The second-order valence-corrected chi connectivity index (χ2v) is 7.88. The molecule has 0 heterocycles. The monoisotopic (exact) mass is 379 g/mol. The third kappa shape index (κ3) is 4.91. The fourth-order valence-corrected chi connectivity index (χ4v) is 3.52. The minimum absolute atomic E-state index is 0.117. The first-order valence-corrected chi connectivity index (χ1v) is 9.35. The summed E-state index contributed by atoms with van der Waals surface area (Å²) in [5.41, 5.74) is 1.26. The number of rotatable bonds is 5. The van der Waals surface area contributed by atoms with Crippen molar-refractivity contribution in [1.82, 2.24) is 0 Å². The van der Waals surface area contributed by atoms with E-state index in [2.05, 4.69) is 0 Å². The van der Waals surface area contributed by atoms with E-state index in [9.17, 15) is 18.5 Å². The molecule has 0 bridgehead atoms. The summed E-state index contributed by atoms with van der Waals surface area (Å²) in [5.74, 6) is -0.392. The van der Waals surface area contributed by atoms with Crippen LogP contribution in [0.3, 0.4) is 0 Å². The number of hydrogen-bond acceptors (Lipinski definition) is 5. The van der Waals surface area contributed by atoms with Gasteiger partial charge in [0.15, 0.2) is 0 Å². The van der Waals surface area contributed by atoms with E-state index in [1.807, 2.05) is 0 Å². The summed E-state index contributed by atoms with van der Waals surface area (Å²) in [7, 11) is -3.58. The van der Waals surface area contributed by atoms with Crippen LogP contribution in [0.2, 0.25) is 10.0 Å². The van der Waals surface area contributed by atoms with Crippen LogP contribution in [0.15, 0.2) is 29.8 Å². The summed E-state index contributed by atoms with van der Waals surface area (Å²) in [6.07, 6.45) is 3.22. The lowest BCUT2D eigenvalue weighted by Crippen LogP contribution is -2.31. The van der Waals surface area contributed by atoms with Gasteiger partial charge in [-0.2, -0.15) is 8.42 Å². The molecule has 0 aliphatic heterocycles. The van der Waals surface area contributed by atoms with Crippen LogP contribution >= 0.6 is 23.2 Å². The Bertz CT molecular complexity index is 748. The van der Waals surface area contributed by atoms with Gasteiger partial charge in [-0.3, -0.25) is 14.3 Å². The Morgan fingerprint density at radius 2 is 2.09 bits per heavy atom. The van der Waals surface area contributed by atoms with Crippen LogP contribution in [0.5, 0.6) is 0 Å². The van der Waals surface area contributed by atoms with E-state index in [1.54, 1.807) is 24.3 Å². The van der Waals surface area contributed by atoms with Crippen molar-refractivity contribution in [2.75, 3.05) is 12.9 Å². The number of hydrogen-bond donors (Lipinski definition) is 0. The van der Waals surface area contributed by atoms with E-state index >= 15 is 0 Å². The van der Waals surface area contributed by atoms with E-state index < -0.39 is 22.1 Å². The van der Waals surface area contributed by atoms with Crippen LogP contribution in [-0.4, -0.2) is 32.2 Å². The molecule has 23 heavy (non-hydrogen) atoms. The quantitative estimate of drug-likeness (QED) is 0.338. The summed E-state index contributed by atoms with van der Waals surface area (Å²) in [4.78, 5) is 11.1. The standard InChI is InChI=1S/C14H15Cl2NO5S/c1-23(20,21)22-8-9-2-4-12(14(6-9)17(18)19)11-5-3-10(15)7-13(11)16/h2-3,5,7,12,14H,4,6,8H2,1H3. The fraction of sp³-hybridized carbons (Fsp3) is 0.429. The van der Waals surface area contributed by atoms with Crippen LogP contribution in [0, 0.1) is 10.1 Å². The lowest BCUT2D eigenvalue weighted by atomic mass is 9.81. The molecule has 126 valence electrons. The molecule has 0 aromatic heterocycles. The van der Waals surface area contributed by atoms with Crippen molar-refractivity contribution in [3.8, 4) is 0 Å². The smallest absolute Gasteiger partial charge is 0.264 e. The van der Waals surface area contributed by atoms with E-state index in [4.69, 9.17) is 27.4 Å². The van der Waals surface area contributed by atoms with Crippen molar-refractivity contribution in [2.24, 2.45) is 0 Å².